The molecule has 0 saturated carbocycles. The molecule has 0 bridgehead atoms. The molecule has 0 spiro atoms. The monoisotopic (exact) mass is 327 g/mol. The lowest BCUT2D eigenvalue weighted by molar-refractivity contribution is -0.121. The number of carbonyl (C=O) groups is 1. The van der Waals surface area contributed by atoms with Crippen LogP contribution in [0.1, 0.15) is 0 Å². The molecule has 0 fully saturated rings. The van der Waals surface area contributed by atoms with Gasteiger partial charge in [-0.2, -0.15) is 0 Å². The van der Waals surface area contributed by atoms with Crippen LogP contribution in [0.3, 0.4) is 0 Å². The quantitative estimate of drug-likeness (QED) is 0.510. The van der Waals surface area contributed by atoms with Crippen LogP contribution in [0.5, 0.6) is 0 Å². The van der Waals surface area contributed by atoms with Crippen LogP contribution in [0.25, 0.3) is 21.8 Å². The second-order valence-corrected chi connectivity index (χ2v) is 5.84. The fourth-order valence-electron chi connectivity index (χ4n) is 3.01. The van der Waals surface area contributed by atoms with E-state index in [0.29, 0.717) is 6.54 Å². The van der Waals surface area contributed by atoms with E-state index in [0.717, 1.165) is 21.8 Å². The lowest BCUT2D eigenvalue weighted by Gasteiger charge is -2.18. The van der Waals surface area contributed by atoms with E-state index in [2.05, 4.69) is 22.0 Å². The predicted octanol–water partition coefficient (Wildman–Crippen LogP) is 0.591. The summed E-state index contributed by atoms with van der Waals surface area (Å²) >= 11 is 0. The Morgan fingerprint density at radius 3 is 2.12 bits per heavy atom. The second-order valence-electron chi connectivity index (χ2n) is 5.84. The second kappa shape index (κ2) is 7.00. The fraction of sp³-hybridized carbons (Fsp3) is 0.278. The number of fused-ring (bicyclic) bond motifs is 3. The molecule has 0 saturated heterocycles. The molecule has 0 aliphatic rings. The third-order valence-electron chi connectivity index (χ3n) is 4.20. The highest BCUT2D eigenvalue weighted by Gasteiger charge is 2.17. The summed E-state index contributed by atoms with van der Waals surface area (Å²) in [5, 5.41) is 24.5. The number of primary amides is 1. The molecule has 126 valence electrons. The van der Waals surface area contributed by atoms with Gasteiger partial charge in [-0.15, -0.1) is 0 Å². The Hall–Kier alpha value is -2.41. The third-order valence-corrected chi connectivity index (χ3v) is 4.20. The molecule has 3 aromatic rings. The van der Waals surface area contributed by atoms with Gasteiger partial charge in [0.1, 0.15) is 6.04 Å². The first-order valence-electron chi connectivity index (χ1n) is 7.89. The van der Waals surface area contributed by atoms with E-state index in [4.69, 9.17) is 10.8 Å². The van der Waals surface area contributed by atoms with Crippen molar-refractivity contribution in [2.75, 3.05) is 13.2 Å². The summed E-state index contributed by atoms with van der Waals surface area (Å²) in [6.45, 7) is 0.143. The Bertz CT molecular complexity index is 806. The van der Waals surface area contributed by atoms with Gasteiger partial charge in [0.25, 0.3) is 0 Å². The van der Waals surface area contributed by atoms with Gasteiger partial charge < -0.3 is 25.8 Å². The van der Waals surface area contributed by atoms with Gasteiger partial charge in [0.05, 0.1) is 19.3 Å². The average molecular weight is 327 g/mol. The van der Waals surface area contributed by atoms with Gasteiger partial charge in [0, 0.05) is 28.4 Å². The molecule has 24 heavy (non-hydrogen) atoms. The van der Waals surface area contributed by atoms with E-state index in [1.807, 2.05) is 36.4 Å². The Morgan fingerprint density at radius 2 is 1.62 bits per heavy atom. The van der Waals surface area contributed by atoms with Gasteiger partial charge in [0.15, 0.2) is 0 Å². The van der Waals surface area contributed by atoms with E-state index in [9.17, 15) is 9.90 Å². The highest BCUT2D eigenvalue weighted by atomic mass is 16.3. The lowest BCUT2D eigenvalue weighted by atomic mass is 10.2. The number of amides is 1. The average Bonchev–Trinajstić information content (AvgIpc) is 2.90. The van der Waals surface area contributed by atoms with E-state index >= 15 is 0 Å². The van der Waals surface area contributed by atoms with Crippen molar-refractivity contribution in [1.82, 2.24) is 9.88 Å². The summed E-state index contributed by atoms with van der Waals surface area (Å²) < 4.78 is 2.06. The first kappa shape index (κ1) is 16.4. The van der Waals surface area contributed by atoms with Gasteiger partial charge >= 0.3 is 0 Å². The van der Waals surface area contributed by atoms with Gasteiger partial charge in [0.2, 0.25) is 5.91 Å². The first-order chi connectivity index (χ1) is 11.6. The number of benzene rings is 2. The molecule has 0 aliphatic carbocycles. The number of aliphatic hydroxyl groups excluding tert-OH is 2. The van der Waals surface area contributed by atoms with Crippen molar-refractivity contribution in [3.05, 3.63) is 48.5 Å². The number of rotatable bonds is 7. The zero-order valence-corrected chi connectivity index (χ0v) is 13.2. The molecule has 1 unspecified atom stereocenters. The zero-order chi connectivity index (χ0) is 17.1. The molecular weight excluding hydrogens is 306 g/mol. The number of aliphatic hydroxyl groups is 2. The Labute approximate surface area is 139 Å². The normalized spacial score (nSPS) is 14.1. The van der Waals surface area contributed by atoms with Gasteiger partial charge in [-0.25, -0.2) is 0 Å². The van der Waals surface area contributed by atoms with Gasteiger partial charge in [-0.05, 0) is 12.1 Å². The number of carbonyl (C=O) groups excluding carboxylic acids is 1. The van der Waals surface area contributed by atoms with E-state index in [1.165, 1.54) is 0 Å². The number of para-hydroxylation sites is 2. The van der Waals surface area contributed by atoms with Crippen molar-refractivity contribution in [2.24, 2.45) is 5.73 Å². The Morgan fingerprint density at radius 1 is 1.08 bits per heavy atom. The SMILES string of the molecule is NC(=O)[C@H](CO)NCC(O)Cn1c2ccccc2c2ccccc21. The van der Waals surface area contributed by atoms with Crippen LogP contribution in [-0.2, 0) is 11.3 Å². The molecule has 2 aromatic carbocycles. The van der Waals surface area contributed by atoms with Crippen LogP contribution in [0.15, 0.2) is 48.5 Å². The largest absolute Gasteiger partial charge is 0.394 e. The van der Waals surface area contributed by atoms with Crippen LogP contribution >= 0.6 is 0 Å². The summed E-state index contributed by atoms with van der Waals surface area (Å²) in [5.41, 5.74) is 7.27. The molecule has 6 heteroatoms. The zero-order valence-electron chi connectivity index (χ0n) is 13.2. The summed E-state index contributed by atoms with van der Waals surface area (Å²) in [6, 6.07) is 15.3. The van der Waals surface area contributed by atoms with Crippen molar-refractivity contribution in [3.8, 4) is 0 Å². The smallest absolute Gasteiger partial charge is 0.236 e. The highest BCUT2D eigenvalue weighted by molar-refractivity contribution is 6.07. The standard InChI is InChI=1S/C18H21N3O3/c19-18(24)15(11-22)20-9-12(23)10-21-16-7-3-1-5-13(16)14-6-2-4-8-17(14)21/h1-8,12,15,20,22-23H,9-11H2,(H2,19,24)/t12?,15-/m0/s1. The summed E-state index contributed by atoms with van der Waals surface area (Å²) in [7, 11) is 0. The number of hydrogen-bond acceptors (Lipinski definition) is 4. The molecule has 0 radical (unpaired) electrons. The first-order valence-corrected chi connectivity index (χ1v) is 7.89. The fourth-order valence-corrected chi connectivity index (χ4v) is 3.01. The molecular formula is C18H21N3O3. The van der Waals surface area contributed by atoms with Crippen LogP contribution < -0.4 is 11.1 Å². The third kappa shape index (κ3) is 3.12. The molecule has 5 N–H and O–H groups in total. The molecule has 3 rings (SSSR count). The molecule has 2 atom stereocenters. The Balaban J connectivity index is 1.85. The van der Waals surface area contributed by atoms with Gasteiger partial charge in [-0.1, -0.05) is 36.4 Å². The van der Waals surface area contributed by atoms with E-state index in [-0.39, 0.29) is 6.54 Å². The number of nitrogens with zero attached hydrogens (tertiary/aromatic N) is 1. The minimum absolute atomic E-state index is 0.162. The topological polar surface area (TPSA) is 101 Å². The minimum atomic E-state index is -0.849. The maximum absolute atomic E-state index is 11.1. The van der Waals surface area contributed by atoms with E-state index < -0.39 is 24.7 Å². The van der Waals surface area contributed by atoms with Crippen LogP contribution in [0.2, 0.25) is 0 Å². The summed E-state index contributed by atoms with van der Waals surface area (Å²) in [5.74, 6) is -0.637. The number of hydrogen-bond donors (Lipinski definition) is 4. The molecule has 1 heterocycles. The number of nitrogens with one attached hydrogen (secondary N) is 1. The van der Waals surface area contributed by atoms with Gasteiger partial charge in [-0.3, -0.25) is 4.79 Å². The van der Waals surface area contributed by atoms with E-state index in [1.54, 1.807) is 0 Å². The highest BCUT2D eigenvalue weighted by Crippen LogP contribution is 2.28. The van der Waals surface area contributed by atoms with Crippen molar-refractivity contribution < 1.29 is 15.0 Å². The summed E-state index contributed by atoms with van der Waals surface area (Å²) in [4.78, 5) is 11.1. The maximum atomic E-state index is 11.1. The van der Waals surface area contributed by atoms with Crippen molar-refractivity contribution in [1.29, 1.82) is 0 Å². The van der Waals surface area contributed by atoms with Crippen molar-refractivity contribution in [2.45, 2.75) is 18.7 Å². The number of aromatic nitrogens is 1. The predicted molar refractivity (Wildman–Crippen MR) is 93.5 cm³/mol. The molecule has 1 amide bonds. The lowest BCUT2D eigenvalue weighted by Crippen LogP contribution is -2.47. The summed E-state index contributed by atoms with van der Waals surface area (Å²) in [6.07, 6.45) is -0.724. The minimum Gasteiger partial charge on any atom is -0.394 e. The molecule has 1 aromatic heterocycles. The molecule has 0 aliphatic heterocycles. The maximum Gasteiger partial charge on any atom is 0.236 e. The molecule has 6 nitrogen and oxygen atoms in total. The Kier molecular flexibility index (Phi) is 4.80. The van der Waals surface area contributed by atoms with Crippen LogP contribution in [-0.4, -0.2) is 46.0 Å². The van der Waals surface area contributed by atoms with Crippen molar-refractivity contribution >= 4 is 27.7 Å². The van der Waals surface area contributed by atoms with Crippen molar-refractivity contribution in [3.63, 3.8) is 0 Å². The number of nitrogens with two attached hydrogens (primary N) is 1. The van der Waals surface area contributed by atoms with Crippen LogP contribution in [0.4, 0.5) is 0 Å². The van der Waals surface area contributed by atoms with Crippen LogP contribution in [0, 0.1) is 0 Å².